The van der Waals surface area contributed by atoms with Crippen LogP contribution in [0.2, 0.25) is 0 Å². The van der Waals surface area contributed by atoms with Crippen molar-refractivity contribution in [2.75, 3.05) is 21.0 Å². The maximum absolute atomic E-state index is 11.5. The molecule has 6 heteroatoms. The lowest BCUT2D eigenvalue weighted by Crippen LogP contribution is -2.40. The highest BCUT2D eigenvalue weighted by Gasteiger charge is 2.35. The van der Waals surface area contributed by atoms with Gasteiger partial charge in [0.05, 0.1) is 0 Å². The van der Waals surface area contributed by atoms with Crippen molar-refractivity contribution in [1.29, 1.82) is 0 Å². The molecule has 0 aliphatic rings. The van der Waals surface area contributed by atoms with Crippen molar-refractivity contribution in [1.82, 2.24) is 0 Å². The molecule has 0 fully saturated rings. The molecular weight excluding hydrogens is 302 g/mol. The highest BCUT2D eigenvalue weighted by molar-refractivity contribution is 9.10. The molecule has 0 spiro atoms. The van der Waals surface area contributed by atoms with Crippen LogP contribution < -0.4 is 10.5 Å². The summed E-state index contributed by atoms with van der Waals surface area (Å²) in [4.78, 5) is 11.5. The van der Waals surface area contributed by atoms with E-state index in [9.17, 15) is 4.79 Å². The molecule has 0 aliphatic carbocycles. The van der Waals surface area contributed by atoms with Gasteiger partial charge in [-0.05, 0) is 19.1 Å². The molecule has 1 aromatic carbocycles. The topological polar surface area (TPSA) is 70.8 Å². The van der Waals surface area contributed by atoms with Crippen LogP contribution in [0.1, 0.15) is 12.5 Å². The Balaban J connectivity index is 3.08. The van der Waals surface area contributed by atoms with Crippen LogP contribution in [0, 0.1) is 0 Å². The van der Waals surface area contributed by atoms with Crippen LogP contribution in [-0.2, 0) is 19.9 Å². The Labute approximate surface area is 114 Å². The zero-order chi connectivity index (χ0) is 13.8. The van der Waals surface area contributed by atoms with Crippen LogP contribution in [0.15, 0.2) is 22.7 Å². The molecule has 0 saturated heterocycles. The molecule has 0 aromatic heterocycles. The SMILES string of the molecule is COCOc1ccc(C(C)(OC)C(N)=O)c(Br)c1. The lowest BCUT2D eigenvalue weighted by atomic mass is 9.95. The summed E-state index contributed by atoms with van der Waals surface area (Å²) in [6.45, 7) is 1.77. The number of nitrogens with two attached hydrogens (primary N) is 1. The second-order valence-corrected chi connectivity index (χ2v) is 4.65. The predicted octanol–water partition coefficient (Wildman–Crippen LogP) is 1.78. The predicted molar refractivity (Wildman–Crippen MR) is 70.2 cm³/mol. The zero-order valence-corrected chi connectivity index (χ0v) is 12.1. The van der Waals surface area contributed by atoms with E-state index in [1.54, 1.807) is 32.2 Å². The number of methoxy groups -OCH3 is 2. The minimum atomic E-state index is -1.18. The average Bonchev–Trinajstić information content (AvgIpc) is 2.35. The average molecular weight is 318 g/mol. The summed E-state index contributed by atoms with van der Waals surface area (Å²) in [6, 6.07) is 5.18. The monoisotopic (exact) mass is 317 g/mol. The van der Waals surface area contributed by atoms with Gasteiger partial charge in [-0.1, -0.05) is 22.0 Å². The minimum absolute atomic E-state index is 0.156. The van der Waals surface area contributed by atoms with Crippen LogP contribution in [0.3, 0.4) is 0 Å². The van der Waals surface area contributed by atoms with E-state index in [1.807, 2.05) is 0 Å². The fraction of sp³-hybridized carbons (Fsp3) is 0.417. The number of carbonyl (C=O) groups excluding carboxylic acids is 1. The van der Waals surface area contributed by atoms with Crippen molar-refractivity contribution in [3.8, 4) is 5.75 Å². The van der Waals surface area contributed by atoms with Gasteiger partial charge in [0.2, 0.25) is 0 Å². The molecule has 0 heterocycles. The normalized spacial score (nSPS) is 14.0. The first-order valence-electron chi connectivity index (χ1n) is 5.22. The number of halogens is 1. The Morgan fingerprint density at radius 3 is 2.56 bits per heavy atom. The Morgan fingerprint density at radius 2 is 2.11 bits per heavy atom. The quantitative estimate of drug-likeness (QED) is 0.812. The number of carbonyl (C=O) groups is 1. The zero-order valence-electron chi connectivity index (χ0n) is 10.5. The number of rotatable bonds is 6. The molecule has 100 valence electrons. The molecule has 0 bridgehead atoms. The van der Waals surface area contributed by atoms with Crippen molar-refractivity contribution in [3.63, 3.8) is 0 Å². The van der Waals surface area contributed by atoms with Crippen LogP contribution in [0.25, 0.3) is 0 Å². The number of hydrogen-bond donors (Lipinski definition) is 1. The third kappa shape index (κ3) is 3.01. The van der Waals surface area contributed by atoms with E-state index in [4.69, 9.17) is 19.9 Å². The fourth-order valence-corrected chi connectivity index (χ4v) is 2.18. The molecule has 0 aliphatic heterocycles. The summed E-state index contributed by atoms with van der Waals surface area (Å²) in [6.07, 6.45) is 0. The molecule has 5 nitrogen and oxygen atoms in total. The number of hydrogen-bond acceptors (Lipinski definition) is 4. The van der Waals surface area contributed by atoms with Crippen molar-refractivity contribution in [2.45, 2.75) is 12.5 Å². The van der Waals surface area contributed by atoms with Gasteiger partial charge in [0.1, 0.15) is 5.75 Å². The number of primary amides is 1. The molecule has 1 atom stereocenters. The molecule has 18 heavy (non-hydrogen) atoms. The highest BCUT2D eigenvalue weighted by atomic mass is 79.9. The molecule has 1 unspecified atom stereocenters. The Morgan fingerprint density at radius 1 is 1.44 bits per heavy atom. The van der Waals surface area contributed by atoms with Crippen LogP contribution in [-0.4, -0.2) is 26.9 Å². The maximum Gasteiger partial charge on any atom is 0.254 e. The third-order valence-electron chi connectivity index (χ3n) is 2.68. The molecule has 2 N–H and O–H groups in total. The number of benzene rings is 1. The van der Waals surface area contributed by atoms with E-state index < -0.39 is 11.5 Å². The number of amides is 1. The first kappa shape index (κ1) is 14.9. The Bertz CT molecular complexity index is 438. The van der Waals surface area contributed by atoms with Crippen molar-refractivity contribution < 1.29 is 19.0 Å². The van der Waals surface area contributed by atoms with Gasteiger partial charge in [-0.3, -0.25) is 4.79 Å². The van der Waals surface area contributed by atoms with Gasteiger partial charge >= 0.3 is 0 Å². The highest BCUT2D eigenvalue weighted by Crippen LogP contribution is 2.33. The molecule has 1 rings (SSSR count). The lowest BCUT2D eigenvalue weighted by Gasteiger charge is -2.26. The van der Waals surface area contributed by atoms with E-state index in [-0.39, 0.29) is 6.79 Å². The lowest BCUT2D eigenvalue weighted by molar-refractivity contribution is -0.139. The molecule has 0 radical (unpaired) electrons. The van der Waals surface area contributed by atoms with E-state index in [1.165, 1.54) is 7.11 Å². The van der Waals surface area contributed by atoms with Crippen molar-refractivity contribution in [3.05, 3.63) is 28.2 Å². The van der Waals surface area contributed by atoms with Gasteiger partial charge < -0.3 is 19.9 Å². The first-order valence-corrected chi connectivity index (χ1v) is 6.01. The van der Waals surface area contributed by atoms with Gasteiger partial charge in [0.25, 0.3) is 5.91 Å². The first-order chi connectivity index (χ1) is 8.45. The molecular formula is C12H16BrNO4. The fourth-order valence-electron chi connectivity index (χ4n) is 1.44. The maximum atomic E-state index is 11.5. The number of ether oxygens (including phenoxy) is 3. The van der Waals surface area contributed by atoms with E-state index >= 15 is 0 Å². The van der Waals surface area contributed by atoms with Gasteiger partial charge in [-0.2, -0.15) is 0 Å². The van der Waals surface area contributed by atoms with E-state index in [0.717, 1.165) is 0 Å². The summed E-state index contributed by atoms with van der Waals surface area (Å²) in [5.74, 6) is 0.0617. The largest absolute Gasteiger partial charge is 0.468 e. The minimum Gasteiger partial charge on any atom is -0.468 e. The van der Waals surface area contributed by atoms with Gasteiger partial charge in [-0.25, -0.2) is 0 Å². The smallest absolute Gasteiger partial charge is 0.254 e. The summed E-state index contributed by atoms with van der Waals surface area (Å²) < 4.78 is 16.0. The summed E-state index contributed by atoms with van der Waals surface area (Å²) >= 11 is 3.38. The van der Waals surface area contributed by atoms with Gasteiger partial charge in [0.15, 0.2) is 12.4 Å². The molecule has 0 saturated carbocycles. The van der Waals surface area contributed by atoms with E-state index in [2.05, 4.69) is 15.9 Å². The van der Waals surface area contributed by atoms with Crippen LogP contribution in [0.4, 0.5) is 0 Å². The van der Waals surface area contributed by atoms with E-state index in [0.29, 0.717) is 15.8 Å². The Hall–Kier alpha value is -1.11. The Kier molecular flexibility index (Phi) is 5.13. The molecule has 1 aromatic rings. The summed E-state index contributed by atoms with van der Waals surface area (Å²) in [5.41, 5.74) is 4.82. The van der Waals surface area contributed by atoms with Crippen molar-refractivity contribution >= 4 is 21.8 Å². The van der Waals surface area contributed by atoms with Crippen molar-refractivity contribution in [2.24, 2.45) is 5.73 Å². The van der Waals surface area contributed by atoms with Crippen LogP contribution >= 0.6 is 15.9 Å². The van der Waals surface area contributed by atoms with Crippen LogP contribution in [0.5, 0.6) is 5.75 Å². The summed E-state index contributed by atoms with van der Waals surface area (Å²) in [7, 11) is 2.98. The van der Waals surface area contributed by atoms with Gasteiger partial charge in [-0.15, -0.1) is 0 Å². The van der Waals surface area contributed by atoms with Gasteiger partial charge in [0, 0.05) is 24.3 Å². The second kappa shape index (κ2) is 6.17. The third-order valence-corrected chi connectivity index (χ3v) is 3.33. The summed E-state index contributed by atoms with van der Waals surface area (Å²) in [5, 5.41) is 0. The second-order valence-electron chi connectivity index (χ2n) is 3.79. The molecule has 1 amide bonds. The standard InChI is InChI=1S/C12H16BrNO4/c1-12(17-3,11(14)15)9-5-4-8(6-10(9)13)18-7-16-2/h4-6H,7H2,1-3H3,(H2,14,15).